The van der Waals surface area contributed by atoms with Gasteiger partial charge >= 0.3 is 0 Å². The van der Waals surface area contributed by atoms with Gasteiger partial charge in [-0.25, -0.2) is 0 Å². The second kappa shape index (κ2) is 6.76. The van der Waals surface area contributed by atoms with Gasteiger partial charge in [-0.2, -0.15) is 0 Å². The monoisotopic (exact) mass is 274 g/mol. The van der Waals surface area contributed by atoms with Crippen LogP contribution in [0.25, 0.3) is 0 Å². The minimum atomic E-state index is -0.554. The van der Waals surface area contributed by atoms with E-state index in [0.717, 1.165) is 38.1 Å². The summed E-state index contributed by atoms with van der Waals surface area (Å²) in [6.07, 6.45) is 9.08. The lowest BCUT2D eigenvalue weighted by Crippen LogP contribution is -2.52. The van der Waals surface area contributed by atoms with Crippen LogP contribution in [0.15, 0.2) is 0 Å². The van der Waals surface area contributed by atoms with Crippen molar-refractivity contribution in [2.75, 3.05) is 6.54 Å². The van der Waals surface area contributed by atoms with Crippen molar-refractivity contribution in [3.63, 3.8) is 0 Å². The predicted molar refractivity (Wildman–Crippen MR) is 76.8 cm³/mol. The number of halogens is 1. The summed E-state index contributed by atoms with van der Waals surface area (Å²) >= 11 is 0. The topological polar surface area (TPSA) is 55.1 Å². The normalized spacial score (nSPS) is 30.6. The Morgan fingerprint density at radius 3 is 2.33 bits per heavy atom. The highest BCUT2D eigenvalue weighted by molar-refractivity contribution is 5.86. The molecule has 3 nitrogen and oxygen atoms in total. The van der Waals surface area contributed by atoms with Crippen molar-refractivity contribution in [2.24, 2.45) is 17.6 Å². The summed E-state index contributed by atoms with van der Waals surface area (Å²) in [6.45, 7) is 3.16. The predicted octanol–water partition coefficient (Wildman–Crippen LogP) is 2.62. The summed E-state index contributed by atoms with van der Waals surface area (Å²) < 4.78 is 0. The van der Waals surface area contributed by atoms with Crippen LogP contribution in [0.4, 0.5) is 0 Å². The Balaban J connectivity index is 0.00000162. The zero-order valence-corrected chi connectivity index (χ0v) is 12.2. The van der Waals surface area contributed by atoms with Crippen molar-refractivity contribution < 1.29 is 4.79 Å². The molecule has 0 radical (unpaired) electrons. The van der Waals surface area contributed by atoms with Gasteiger partial charge in [0.15, 0.2) is 0 Å². The van der Waals surface area contributed by atoms with E-state index >= 15 is 0 Å². The molecule has 1 amide bonds. The quantitative estimate of drug-likeness (QED) is 0.831. The number of carbonyl (C=O) groups excluding carboxylic acids is 1. The van der Waals surface area contributed by atoms with Crippen LogP contribution in [0.2, 0.25) is 0 Å². The van der Waals surface area contributed by atoms with E-state index in [9.17, 15) is 4.79 Å². The molecular weight excluding hydrogens is 248 g/mol. The molecule has 0 unspecified atom stereocenters. The Kier molecular flexibility index (Phi) is 5.93. The molecular formula is C14H27ClN2O. The fourth-order valence-electron chi connectivity index (χ4n) is 3.18. The Morgan fingerprint density at radius 2 is 1.78 bits per heavy atom. The molecule has 2 fully saturated rings. The van der Waals surface area contributed by atoms with Gasteiger partial charge in [-0.05, 0) is 37.5 Å². The van der Waals surface area contributed by atoms with Gasteiger partial charge in [-0.1, -0.05) is 32.6 Å². The summed E-state index contributed by atoms with van der Waals surface area (Å²) in [5.41, 5.74) is 5.57. The summed E-state index contributed by atoms with van der Waals surface area (Å²) in [6, 6.07) is 0. The number of amides is 1. The molecule has 2 aliphatic carbocycles. The lowest BCUT2D eigenvalue weighted by molar-refractivity contribution is -0.126. The zero-order valence-electron chi connectivity index (χ0n) is 11.4. The molecule has 0 aliphatic heterocycles. The van der Waals surface area contributed by atoms with Crippen LogP contribution in [0.3, 0.4) is 0 Å². The summed E-state index contributed by atoms with van der Waals surface area (Å²) in [5.74, 6) is 1.64. The maximum atomic E-state index is 12.0. The molecule has 2 aliphatic rings. The molecule has 0 heterocycles. The molecule has 2 rings (SSSR count). The average molecular weight is 275 g/mol. The lowest BCUT2D eigenvalue weighted by atomic mass is 9.83. The van der Waals surface area contributed by atoms with Crippen molar-refractivity contribution in [1.82, 2.24) is 5.32 Å². The fourth-order valence-corrected chi connectivity index (χ4v) is 3.18. The van der Waals surface area contributed by atoms with Crippen LogP contribution < -0.4 is 11.1 Å². The van der Waals surface area contributed by atoms with Gasteiger partial charge in [-0.3, -0.25) is 4.79 Å². The minimum absolute atomic E-state index is 0. The molecule has 4 heteroatoms. The first-order valence-corrected chi connectivity index (χ1v) is 7.17. The first-order chi connectivity index (χ1) is 8.10. The molecule has 0 atom stereocenters. The maximum Gasteiger partial charge on any atom is 0.240 e. The Hall–Kier alpha value is -0.280. The Bertz CT molecular complexity index is 269. The van der Waals surface area contributed by atoms with Gasteiger partial charge in [0.1, 0.15) is 0 Å². The van der Waals surface area contributed by atoms with Crippen molar-refractivity contribution >= 4 is 18.3 Å². The molecule has 18 heavy (non-hydrogen) atoms. The standard InChI is InChI=1S/C14H26N2O.ClH/c1-11-4-6-12(7-5-11)10-16-13(17)14(15)8-2-3-9-14;/h11-12H,2-10,15H2,1H3,(H,16,17);1H. The van der Waals surface area contributed by atoms with Gasteiger partial charge in [-0.15, -0.1) is 12.4 Å². The highest BCUT2D eigenvalue weighted by atomic mass is 35.5. The van der Waals surface area contributed by atoms with Crippen molar-refractivity contribution in [1.29, 1.82) is 0 Å². The van der Waals surface area contributed by atoms with Gasteiger partial charge < -0.3 is 11.1 Å². The van der Waals surface area contributed by atoms with Crippen LogP contribution in [-0.4, -0.2) is 18.0 Å². The third-order valence-corrected chi connectivity index (χ3v) is 4.63. The third-order valence-electron chi connectivity index (χ3n) is 4.63. The first-order valence-electron chi connectivity index (χ1n) is 7.17. The Labute approximate surface area is 117 Å². The van der Waals surface area contributed by atoms with E-state index in [4.69, 9.17) is 5.73 Å². The summed E-state index contributed by atoms with van der Waals surface area (Å²) in [4.78, 5) is 12.0. The van der Waals surface area contributed by atoms with E-state index in [1.54, 1.807) is 0 Å². The van der Waals surface area contributed by atoms with Crippen LogP contribution in [0.5, 0.6) is 0 Å². The SMILES string of the molecule is CC1CCC(CNC(=O)C2(N)CCCC2)CC1.Cl. The molecule has 0 saturated heterocycles. The van der Waals surface area contributed by atoms with E-state index in [-0.39, 0.29) is 18.3 Å². The van der Waals surface area contributed by atoms with E-state index in [0.29, 0.717) is 5.92 Å². The van der Waals surface area contributed by atoms with E-state index in [2.05, 4.69) is 12.2 Å². The van der Waals surface area contributed by atoms with Crippen molar-refractivity contribution in [3.05, 3.63) is 0 Å². The second-order valence-electron chi connectivity index (χ2n) is 6.20. The van der Waals surface area contributed by atoms with E-state index < -0.39 is 5.54 Å². The maximum absolute atomic E-state index is 12.0. The van der Waals surface area contributed by atoms with E-state index in [1.807, 2.05) is 0 Å². The van der Waals surface area contributed by atoms with Gasteiger partial charge in [0.2, 0.25) is 5.91 Å². The van der Waals surface area contributed by atoms with Gasteiger partial charge in [0.25, 0.3) is 0 Å². The van der Waals surface area contributed by atoms with Gasteiger partial charge in [0, 0.05) is 6.54 Å². The number of nitrogens with one attached hydrogen (secondary N) is 1. The Morgan fingerprint density at radius 1 is 1.22 bits per heavy atom. The zero-order chi connectivity index (χ0) is 12.3. The molecule has 0 aromatic heterocycles. The van der Waals surface area contributed by atoms with Crippen LogP contribution in [-0.2, 0) is 4.79 Å². The third kappa shape index (κ3) is 3.86. The molecule has 0 bridgehead atoms. The lowest BCUT2D eigenvalue weighted by Gasteiger charge is -2.28. The second-order valence-corrected chi connectivity index (χ2v) is 6.20. The van der Waals surface area contributed by atoms with Crippen molar-refractivity contribution in [2.45, 2.75) is 63.8 Å². The van der Waals surface area contributed by atoms with E-state index in [1.165, 1.54) is 25.7 Å². The molecule has 0 aromatic carbocycles. The fraction of sp³-hybridized carbons (Fsp3) is 0.929. The molecule has 2 saturated carbocycles. The number of hydrogen-bond acceptors (Lipinski definition) is 2. The summed E-state index contributed by atoms with van der Waals surface area (Å²) in [7, 11) is 0. The number of carbonyl (C=O) groups is 1. The number of hydrogen-bond donors (Lipinski definition) is 2. The average Bonchev–Trinajstić information content (AvgIpc) is 2.76. The van der Waals surface area contributed by atoms with Crippen LogP contribution >= 0.6 is 12.4 Å². The van der Waals surface area contributed by atoms with Crippen LogP contribution in [0, 0.1) is 11.8 Å². The smallest absolute Gasteiger partial charge is 0.240 e. The number of rotatable bonds is 3. The minimum Gasteiger partial charge on any atom is -0.354 e. The van der Waals surface area contributed by atoms with Crippen molar-refractivity contribution in [3.8, 4) is 0 Å². The van der Waals surface area contributed by atoms with Crippen LogP contribution in [0.1, 0.15) is 58.3 Å². The number of nitrogens with two attached hydrogens (primary N) is 1. The molecule has 106 valence electrons. The molecule has 0 spiro atoms. The first kappa shape index (κ1) is 15.8. The molecule has 0 aromatic rings. The van der Waals surface area contributed by atoms with Gasteiger partial charge in [0.05, 0.1) is 5.54 Å². The molecule has 3 N–H and O–H groups in total. The highest BCUT2D eigenvalue weighted by Crippen LogP contribution is 2.29. The largest absolute Gasteiger partial charge is 0.354 e. The highest BCUT2D eigenvalue weighted by Gasteiger charge is 2.37. The summed E-state index contributed by atoms with van der Waals surface area (Å²) in [5, 5.41) is 3.09.